The summed E-state index contributed by atoms with van der Waals surface area (Å²) in [5, 5.41) is 11.2. The maximum absolute atomic E-state index is 12.5. The summed E-state index contributed by atoms with van der Waals surface area (Å²) in [6.07, 6.45) is -4.70. The van der Waals surface area contributed by atoms with Crippen LogP contribution in [0.5, 0.6) is 0 Å². The Morgan fingerprint density at radius 3 is 2.29 bits per heavy atom. The lowest BCUT2D eigenvalue weighted by Crippen LogP contribution is -2.13. The van der Waals surface area contributed by atoms with Crippen molar-refractivity contribution in [1.82, 2.24) is 0 Å². The molecule has 0 atom stereocenters. The SMILES string of the molecule is O=C(O)c1cc(C(F)(F)F)ccc1NCCSC(F)(F)F. The van der Waals surface area contributed by atoms with Gasteiger partial charge in [-0.05, 0) is 30.0 Å². The molecule has 0 aliphatic carbocycles. The van der Waals surface area contributed by atoms with E-state index in [1.165, 1.54) is 0 Å². The second-order valence-electron chi connectivity index (χ2n) is 3.78. The molecule has 118 valence electrons. The number of hydrogen-bond acceptors (Lipinski definition) is 3. The predicted molar refractivity (Wildman–Crippen MR) is 65.4 cm³/mol. The maximum Gasteiger partial charge on any atom is 0.441 e. The quantitative estimate of drug-likeness (QED) is 0.630. The zero-order chi connectivity index (χ0) is 16.3. The van der Waals surface area contributed by atoms with Crippen molar-refractivity contribution in [3.05, 3.63) is 29.3 Å². The fourth-order valence-corrected chi connectivity index (χ4v) is 1.84. The molecular weight excluding hydrogens is 324 g/mol. The van der Waals surface area contributed by atoms with Crippen LogP contribution < -0.4 is 5.32 Å². The van der Waals surface area contributed by atoms with Crippen LogP contribution in [0.4, 0.5) is 32.0 Å². The highest BCUT2D eigenvalue weighted by Crippen LogP contribution is 2.32. The molecule has 0 amide bonds. The van der Waals surface area contributed by atoms with Crippen molar-refractivity contribution in [2.24, 2.45) is 0 Å². The molecule has 0 radical (unpaired) electrons. The first-order chi connectivity index (χ1) is 9.50. The monoisotopic (exact) mass is 333 g/mol. The molecular formula is C11H9F6NO2S. The molecule has 0 heterocycles. The van der Waals surface area contributed by atoms with Gasteiger partial charge >= 0.3 is 17.7 Å². The Balaban J connectivity index is 2.81. The van der Waals surface area contributed by atoms with Crippen molar-refractivity contribution in [1.29, 1.82) is 0 Å². The molecule has 0 fully saturated rings. The summed E-state index contributed by atoms with van der Waals surface area (Å²) in [7, 11) is 0. The van der Waals surface area contributed by atoms with Crippen LogP contribution in [-0.4, -0.2) is 28.9 Å². The molecule has 1 aromatic carbocycles. The van der Waals surface area contributed by atoms with Crippen LogP contribution >= 0.6 is 11.8 Å². The molecule has 0 unspecified atom stereocenters. The van der Waals surface area contributed by atoms with E-state index in [1.54, 1.807) is 0 Å². The minimum absolute atomic E-state index is 0.168. The average molecular weight is 333 g/mol. The van der Waals surface area contributed by atoms with Crippen molar-refractivity contribution in [2.75, 3.05) is 17.6 Å². The highest BCUT2D eigenvalue weighted by atomic mass is 32.2. The summed E-state index contributed by atoms with van der Waals surface area (Å²) in [4.78, 5) is 10.9. The molecule has 0 aromatic heterocycles. The Hall–Kier alpha value is -1.58. The molecule has 0 aliphatic heterocycles. The zero-order valence-corrected chi connectivity index (χ0v) is 11.0. The van der Waals surface area contributed by atoms with Gasteiger partial charge in [0.15, 0.2) is 0 Å². The fraction of sp³-hybridized carbons (Fsp3) is 0.364. The van der Waals surface area contributed by atoms with Crippen LogP contribution in [0.2, 0.25) is 0 Å². The summed E-state index contributed by atoms with van der Waals surface area (Å²) in [5.41, 5.74) is -6.38. The molecule has 0 aliphatic rings. The van der Waals surface area contributed by atoms with Gasteiger partial charge in [0.1, 0.15) is 0 Å². The zero-order valence-electron chi connectivity index (χ0n) is 10.2. The fourth-order valence-electron chi connectivity index (χ4n) is 1.40. The number of benzene rings is 1. The van der Waals surface area contributed by atoms with E-state index in [1.807, 2.05) is 0 Å². The van der Waals surface area contributed by atoms with E-state index in [-0.39, 0.29) is 24.0 Å². The Labute approximate surface area is 119 Å². The number of carboxylic acid groups (broad SMARTS) is 1. The lowest BCUT2D eigenvalue weighted by atomic mass is 10.1. The number of hydrogen-bond donors (Lipinski definition) is 2. The summed E-state index contributed by atoms with van der Waals surface area (Å²) in [5.74, 6) is -2.00. The number of carbonyl (C=O) groups is 1. The van der Waals surface area contributed by atoms with Crippen molar-refractivity contribution in [3.63, 3.8) is 0 Å². The van der Waals surface area contributed by atoms with Crippen LogP contribution in [0, 0.1) is 0 Å². The van der Waals surface area contributed by atoms with Crippen molar-refractivity contribution in [2.45, 2.75) is 11.7 Å². The Kier molecular flexibility index (Phi) is 5.37. The second kappa shape index (κ2) is 6.46. The normalized spacial score (nSPS) is 12.3. The molecule has 3 nitrogen and oxygen atoms in total. The van der Waals surface area contributed by atoms with Gasteiger partial charge in [-0.25, -0.2) is 4.79 Å². The summed E-state index contributed by atoms with van der Waals surface area (Å²) < 4.78 is 73.0. The van der Waals surface area contributed by atoms with Gasteiger partial charge in [0.2, 0.25) is 0 Å². The van der Waals surface area contributed by atoms with Crippen molar-refractivity contribution >= 4 is 23.4 Å². The van der Waals surface area contributed by atoms with E-state index in [0.29, 0.717) is 12.1 Å². The van der Waals surface area contributed by atoms with Gasteiger partial charge in [-0.3, -0.25) is 0 Å². The molecule has 0 bridgehead atoms. The third-order valence-electron chi connectivity index (χ3n) is 2.26. The Morgan fingerprint density at radius 1 is 1.19 bits per heavy atom. The topological polar surface area (TPSA) is 49.3 Å². The number of carboxylic acids is 1. The number of alkyl halides is 6. The number of aromatic carboxylic acids is 1. The Morgan fingerprint density at radius 2 is 1.81 bits per heavy atom. The number of halogens is 6. The molecule has 10 heteroatoms. The minimum Gasteiger partial charge on any atom is -0.478 e. The van der Waals surface area contributed by atoms with E-state index >= 15 is 0 Å². The molecule has 0 saturated heterocycles. The molecule has 21 heavy (non-hydrogen) atoms. The van der Waals surface area contributed by atoms with E-state index < -0.39 is 34.5 Å². The molecule has 1 aromatic rings. The van der Waals surface area contributed by atoms with Crippen molar-refractivity contribution in [3.8, 4) is 0 Å². The summed E-state index contributed by atoms with van der Waals surface area (Å²) >= 11 is -0.315. The van der Waals surface area contributed by atoms with Crippen LogP contribution in [0.1, 0.15) is 15.9 Å². The van der Waals surface area contributed by atoms with E-state index in [4.69, 9.17) is 5.11 Å². The number of anilines is 1. The third-order valence-corrected chi connectivity index (χ3v) is 3.00. The van der Waals surface area contributed by atoms with E-state index in [9.17, 15) is 31.1 Å². The Bertz CT molecular complexity index is 514. The summed E-state index contributed by atoms with van der Waals surface area (Å²) in [6, 6.07) is 1.97. The van der Waals surface area contributed by atoms with Gasteiger partial charge in [0, 0.05) is 18.0 Å². The van der Waals surface area contributed by atoms with Crippen LogP contribution in [-0.2, 0) is 6.18 Å². The van der Waals surface area contributed by atoms with Gasteiger partial charge in [-0.2, -0.15) is 26.3 Å². The first-order valence-electron chi connectivity index (χ1n) is 5.40. The largest absolute Gasteiger partial charge is 0.478 e. The standard InChI is InChI=1S/C11H9F6NO2S/c12-10(13,14)6-1-2-8(7(5-6)9(19)20)18-3-4-21-11(15,16)17/h1-2,5,18H,3-4H2,(H,19,20). The van der Waals surface area contributed by atoms with E-state index in [0.717, 1.165) is 6.07 Å². The van der Waals surface area contributed by atoms with Gasteiger partial charge in [-0.1, -0.05) is 0 Å². The van der Waals surface area contributed by atoms with Crippen molar-refractivity contribution < 1.29 is 36.2 Å². The first-order valence-corrected chi connectivity index (χ1v) is 6.38. The number of nitrogens with one attached hydrogen (secondary N) is 1. The smallest absolute Gasteiger partial charge is 0.441 e. The lowest BCUT2D eigenvalue weighted by Gasteiger charge is -2.13. The highest BCUT2D eigenvalue weighted by Gasteiger charge is 2.32. The van der Waals surface area contributed by atoms with Crippen LogP contribution in [0.3, 0.4) is 0 Å². The lowest BCUT2D eigenvalue weighted by molar-refractivity contribution is -0.137. The van der Waals surface area contributed by atoms with Crippen LogP contribution in [0.25, 0.3) is 0 Å². The van der Waals surface area contributed by atoms with Gasteiger partial charge in [-0.15, -0.1) is 0 Å². The number of thioether (sulfide) groups is 1. The van der Waals surface area contributed by atoms with Crippen LogP contribution in [0.15, 0.2) is 18.2 Å². The maximum atomic E-state index is 12.5. The predicted octanol–water partition coefficient (Wildman–Crippen LogP) is 4.07. The van der Waals surface area contributed by atoms with Gasteiger partial charge in [0.05, 0.1) is 11.1 Å². The minimum atomic E-state index is -4.70. The molecule has 2 N–H and O–H groups in total. The van der Waals surface area contributed by atoms with Gasteiger partial charge < -0.3 is 10.4 Å². The molecule has 0 spiro atoms. The first kappa shape index (κ1) is 17.5. The van der Waals surface area contributed by atoms with Gasteiger partial charge in [0.25, 0.3) is 0 Å². The van der Waals surface area contributed by atoms with E-state index in [2.05, 4.69) is 5.32 Å². The molecule has 1 rings (SSSR count). The molecule has 0 saturated carbocycles. The highest BCUT2D eigenvalue weighted by molar-refractivity contribution is 8.00. The average Bonchev–Trinajstić information content (AvgIpc) is 2.32. The second-order valence-corrected chi connectivity index (χ2v) is 4.94. The summed E-state index contributed by atoms with van der Waals surface area (Å²) in [6.45, 7) is -0.240. The third kappa shape index (κ3) is 5.74. The number of rotatable bonds is 5.